The van der Waals surface area contributed by atoms with E-state index >= 15 is 0 Å². The van der Waals surface area contributed by atoms with Crippen LogP contribution in [-0.4, -0.2) is 29.0 Å². The Morgan fingerprint density at radius 3 is 2.65 bits per heavy atom. The third kappa shape index (κ3) is 3.97. The first-order chi connectivity index (χ1) is 12.6. The topological polar surface area (TPSA) is 73.3 Å². The van der Waals surface area contributed by atoms with Crippen LogP contribution >= 0.6 is 11.5 Å². The molecule has 3 rings (SSSR count). The molecule has 1 heterocycles. The molecule has 1 N–H and O–H groups in total. The highest BCUT2D eigenvalue weighted by molar-refractivity contribution is 7.10. The number of nitrogens with zero attached hydrogens (tertiary/aromatic N) is 2. The summed E-state index contributed by atoms with van der Waals surface area (Å²) in [6.45, 7) is 2.43. The number of methoxy groups -OCH3 is 1. The molecule has 0 atom stereocenters. The van der Waals surface area contributed by atoms with E-state index in [0.717, 1.165) is 17.1 Å². The molecular weight excluding hydrogens is 357 g/mol. The summed E-state index contributed by atoms with van der Waals surface area (Å²) in [5.74, 6) is 0.904. The minimum absolute atomic E-state index is 0.339. The Kier molecular flexibility index (Phi) is 5.43. The molecule has 0 radical (unpaired) electrons. The lowest BCUT2D eigenvalue weighted by Gasteiger charge is -2.09. The van der Waals surface area contributed by atoms with Crippen molar-refractivity contribution in [2.45, 2.75) is 6.92 Å². The highest BCUT2D eigenvalue weighted by Crippen LogP contribution is 2.32. The number of amides is 1. The lowest BCUT2D eigenvalue weighted by molar-refractivity contribution is 0.102. The van der Waals surface area contributed by atoms with E-state index in [-0.39, 0.29) is 5.91 Å². The van der Waals surface area contributed by atoms with Crippen LogP contribution in [0, 0.1) is 5.82 Å². The molecule has 0 unspecified atom stereocenters. The molecule has 0 aliphatic rings. The van der Waals surface area contributed by atoms with Crippen molar-refractivity contribution in [3.8, 4) is 22.9 Å². The van der Waals surface area contributed by atoms with Crippen LogP contribution in [0.2, 0.25) is 0 Å². The quantitative estimate of drug-likeness (QED) is 0.707. The lowest BCUT2D eigenvalue weighted by atomic mass is 10.2. The Morgan fingerprint density at radius 2 is 1.96 bits per heavy atom. The highest BCUT2D eigenvalue weighted by Gasteiger charge is 2.13. The van der Waals surface area contributed by atoms with Crippen molar-refractivity contribution in [3.05, 3.63) is 53.8 Å². The molecule has 0 saturated heterocycles. The van der Waals surface area contributed by atoms with Gasteiger partial charge in [0.2, 0.25) is 5.13 Å². The molecule has 3 aromatic rings. The van der Waals surface area contributed by atoms with Gasteiger partial charge in [0.25, 0.3) is 5.91 Å². The number of hydrogen-bond acceptors (Lipinski definition) is 6. The van der Waals surface area contributed by atoms with Gasteiger partial charge in [-0.15, -0.1) is 0 Å². The van der Waals surface area contributed by atoms with Crippen molar-refractivity contribution in [1.29, 1.82) is 0 Å². The fourth-order valence-electron chi connectivity index (χ4n) is 2.24. The van der Waals surface area contributed by atoms with Crippen LogP contribution in [0.15, 0.2) is 42.5 Å². The van der Waals surface area contributed by atoms with Crippen molar-refractivity contribution < 1.29 is 18.7 Å². The number of halogens is 1. The molecule has 134 valence electrons. The monoisotopic (exact) mass is 373 g/mol. The normalized spacial score (nSPS) is 10.4. The molecule has 0 fully saturated rings. The van der Waals surface area contributed by atoms with Crippen LogP contribution in [0.3, 0.4) is 0 Å². The van der Waals surface area contributed by atoms with E-state index in [4.69, 9.17) is 9.47 Å². The van der Waals surface area contributed by atoms with Crippen molar-refractivity contribution in [2.24, 2.45) is 0 Å². The third-order valence-electron chi connectivity index (χ3n) is 3.47. The van der Waals surface area contributed by atoms with Crippen LogP contribution in [0.25, 0.3) is 11.4 Å². The van der Waals surface area contributed by atoms with Crippen LogP contribution < -0.4 is 14.8 Å². The number of ether oxygens (including phenoxy) is 2. The van der Waals surface area contributed by atoms with E-state index in [0.29, 0.717) is 34.6 Å². The summed E-state index contributed by atoms with van der Waals surface area (Å²) >= 11 is 1.06. The van der Waals surface area contributed by atoms with Gasteiger partial charge < -0.3 is 9.47 Å². The molecule has 2 aromatic carbocycles. The fourth-order valence-corrected chi connectivity index (χ4v) is 2.83. The third-order valence-corrected chi connectivity index (χ3v) is 4.11. The minimum Gasteiger partial charge on any atom is -0.493 e. The first kappa shape index (κ1) is 17.8. The van der Waals surface area contributed by atoms with Gasteiger partial charge >= 0.3 is 0 Å². The molecule has 0 bridgehead atoms. The molecular formula is C18H16FN3O3S. The average molecular weight is 373 g/mol. The van der Waals surface area contributed by atoms with Gasteiger partial charge in [-0.2, -0.15) is 9.36 Å². The second-order valence-corrected chi connectivity index (χ2v) is 5.93. The maximum atomic E-state index is 12.9. The van der Waals surface area contributed by atoms with Crippen molar-refractivity contribution in [3.63, 3.8) is 0 Å². The molecule has 26 heavy (non-hydrogen) atoms. The van der Waals surface area contributed by atoms with Gasteiger partial charge in [-0.25, -0.2) is 4.39 Å². The van der Waals surface area contributed by atoms with E-state index in [1.807, 2.05) is 13.0 Å². The molecule has 1 aromatic heterocycles. The molecule has 0 aliphatic carbocycles. The number of benzene rings is 2. The predicted molar refractivity (Wildman–Crippen MR) is 97.4 cm³/mol. The molecule has 1 amide bonds. The summed E-state index contributed by atoms with van der Waals surface area (Å²) in [5, 5.41) is 3.00. The van der Waals surface area contributed by atoms with Crippen molar-refractivity contribution in [1.82, 2.24) is 9.36 Å². The number of hydrogen-bond donors (Lipinski definition) is 1. The molecule has 0 aliphatic heterocycles. The van der Waals surface area contributed by atoms with Crippen LogP contribution in [0.5, 0.6) is 11.5 Å². The molecule has 0 saturated carbocycles. The van der Waals surface area contributed by atoms with Gasteiger partial charge in [0.1, 0.15) is 5.82 Å². The summed E-state index contributed by atoms with van der Waals surface area (Å²) in [5.41, 5.74) is 1.08. The van der Waals surface area contributed by atoms with E-state index < -0.39 is 5.82 Å². The number of carbonyl (C=O) groups excluding carboxylic acids is 1. The van der Waals surface area contributed by atoms with Crippen LogP contribution in [0.4, 0.5) is 9.52 Å². The Bertz CT molecular complexity index is 912. The Morgan fingerprint density at radius 1 is 1.19 bits per heavy atom. The zero-order chi connectivity index (χ0) is 18.5. The molecule has 8 heteroatoms. The van der Waals surface area contributed by atoms with Gasteiger partial charge in [0.15, 0.2) is 17.3 Å². The maximum absolute atomic E-state index is 12.9. The second-order valence-electron chi connectivity index (χ2n) is 5.18. The van der Waals surface area contributed by atoms with E-state index in [9.17, 15) is 9.18 Å². The number of nitrogens with one attached hydrogen (secondary N) is 1. The van der Waals surface area contributed by atoms with Crippen LogP contribution in [-0.2, 0) is 0 Å². The van der Waals surface area contributed by atoms with E-state index in [2.05, 4.69) is 14.7 Å². The predicted octanol–water partition coefficient (Wildman–Crippen LogP) is 4.00. The first-order valence-electron chi connectivity index (χ1n) is 7.82. The average Bonchev–Trinajstić information content (AvgIpc) is 3.11. The number of carbonyl (C=O) groups is 1. The smallest absolute Gasteiger partial charge is 0.257 e. The molecule has 0 spiro atoms. The Hall–Kier alpha value is -3.00. The lowest BCUT2D eigenvalue weighted by Crippen LogP contribution is -2.11. The molecule has 6 nitrogen and oxygen atoms in total. The highest BCUT2D eigenvalue weighted by atomic mass is 32.1. The Balaban J connectivity index is 1.77. The Labute approximate surface area is 153 Å². The second kappa shape index (κ2) is 7.92. The van der Waals surface area contributed by atoms with Gasteiger partial charge in [-0.1, -0.05) is 0 Å². The maximum Gasteiger partial charge on any atom is 0.257 e. The van der Waals surface area contributed by atoms with Crippen molar-refractivity contribution in [2.75, 3.05) is 19.0 Å². The van der Waals surface area contributed by atoms with Crippen molar-refractivity contribution >= 4 is 22.6 Å². The van der Waals surface area contributed by atoms with Crippen LogP contribution in [0.1, 0.15) is 17.3 Å². The fraction of sp³-hybridized carbons (Fsp3) is 0.167. The van der Waals surface area contributed by atoms with Gasteiger partial charge in [0.05, 0.1) is 13.7 Å². The largest absolute Gasteiger partial charge is 0.493 e. The van der Waals surface area contributed by atoms with Gasteiger partial charge in [0, 0.05) is 22.7 Å². The summed E-state index contributed by atoms with van der Waals surface area (Å²) in [7, 11) is 1.56. The first-order valence-corrected chi connectivity index (χ1v) is 8.60. The minimum atomic E-state index is -0.399. The number of rotatable bonds is 6. The van der Waals surface area contributed by atoms with E-state index in [1.165, 1.54) is 24.3 Å². The van der Waals surface area contributed by atoms with Gasteiger partial charge in [-0.05, 0) is 49.4 Å². The van der Waals surface area contributed by atoms with E-state index in [1.54, 1.807) is 19.2 Å². The summed E-state index contributed by atoms with van der Waals surface area (Å²) < 4.78 is 28.0. The van der Waals surface area contributed by atoms with Gasteiger partial charge in [-0.3, -0.25) is 10.1 Å². The summed E-state index contributed by atoms with van der Waals surface area (Å²) in [6, 6.07) is 10.7. The zero-order valence-electron chi connectivity index (χ0n) is 14.2. The summed E-state index contributed by atoms with van der Waals surface area (Å²) in [4.78, 5) is 16.5. The SMILES string of the molecule is CCOc1ccc(-c2nsc(NC(=O)c3ccc(F)cc3)n2)cc1OC. The number of anilines is 1. The standard InChI is InChI=1S/C18H16FN3O3S/c1-3-25-14-9-6-12(10-15(14)24-2)16-20-18(26-22-16)21-17(23)11-4-7-13(19)8-5-11/h4-10H,3H2,1-2H3,(H,20,21,22,23). The summed E-state index contributed by atoms with van der Waals surface area (Å²) in [6.07, 6.45) is 0. The number of aromatic nitrogens is 2. The zero-order valence-corrected chi connectivity index (χ0v) is 15.0.